The van der Waals surface area contributed by atoms with Crippen LogP contribution in [-0.4, -0.2) is 50.1 Å². The first-order chi connectivity index (χ1) is 19.2. The Hall–Kier alpha value is -3.43. The smallest absolute Gasteiger partial charge is 0.262 e. The first kappa shape index (κ1) is 26.8. The number of piperidine rings is 1. The van der Waals surface area contributed by atoms with Crippen molar-refractivity contribution in [3.8, 4) is 10.4 Å². The van der Waals surface area contributed by atoms with E-state index in [1.165, 1.54) is 22.2 Å². The van der Waals surface area contributed by atoms with E-state index in [1.807, 2.05) is 60.7 Å². The Balaban J connectivity index is 1.16. The predicted octanol–water partition coefficient (Wildman–Crippen LogP) is 5.70. The van der Waals surface area contributed by atoms with Crippen molar-refractivity contribution in [3.05, 3.63) is 88.3 Å². The highest BCUT2D eigenvalue weighted by Gasteiger charge is 2.47. The molecule has 1 aliphatic heterocycles. The molecular formula is C31H31F2N3O3S. The Kier molecular flexibility index (Phi) is 7.04. The van der Waals surface area contributed by atoms with Gasteiger partial charge in [-0.2, -0.15) is 0 Å². The van der Waals surface area contributed by atoms with Crippen LogP contribution in [0.25, 0.3) is 21.3 Å². The normalized spacial score (nSPS) is 22.3. The first-order valence-electron chi connectivity index (χ1n) is 13.7. The maximum atomic E-state index is 14.4. The summed E-state index contributed by atoms with van der Waals surface area (Å²) < 4.78 is 30.3. The molecule has 2 aromatic heterocycles. The van der Waals surface area contributed by atoms with Gasteiger partial charge in [-0.15, -0.1) is 11.3 Å². The average molecular weight is 564 g/mol. The van der Waals surface area contributed by atoms with Crippen LogP contribution in [0.4, 0.5) is 8.78 Å². The molecule has 0 radical (unpaired) electrons. The molecule has 6 rings (SSSR count). The topological polar surface area (TPSA) is 75.4 Å². The van der Waals surface area contributed by atoms with Gasteiger partial charge in [0.2, 0.25) is 11.8 Å². The second-order valence-corrected chi connectivity index (χ2v) is 12.0. The van der Waals surface area contributed by atoms with E-state index < -0.39 is 23.9 Å². The van der Waals surface area contributed by atoms with E-state index in [0.29, 0.717) is 10.9 Å². The third-order valence-corrected chi connectivity index (χ3v) is 9.48. The summed E-state index contributed by atoms with van der Waals surface area (Å²) in [7, 11) is 0. The van der Waals surface area contributed by atoms with Crippen LogP contribution in [-0.2, 0) is 11.3 Å². The molecule has 0 bridgehead atoms. The van der Waals surface area contributed by atoms with Crippen molar-refractivity contribution in [2.75, 3.05) is 13.1 Å². The SMILES string of the molecule is O=C([C@@H]1CC(F)(F)CC[C@H]1c1ccccc1)N1CCC(O)(Cn2cnc3c(-c4ccccc4)scc3c2=O)CC1. The quantitative estimate of drug-likeness (QED) is 0.338. The van der Waals surface area contributed by atoms with Crippen molar-refractivity contribution in [3.63, 3.8) is 0 Å². The van der Waals surface area contributed by atoms with Crippen LogP contribution in [0.15, 0.2) is 77.2 Å². The van der Waals surface area contributed by atoms with Crippen molar-refractivity contribution in [2.24, 2.45) is 5.92 Å². The van der Waals surface area contributed by atoms with Gasteiger partial charge < -0.3 is 10.0 Å². The van der Waals surface area contributed by atoms with Crippen molar-refractivity contribution < 1.29 is 18.7 Å². The highest BCUT2D eigenvalue weighted by atomic mass is 32.1. The number of carbonyl (C=O) groups is 1. The average Bonchev–Trinajstić information content (AvgIpc) is 3.40. The number of benzene rings is 2. The highest BCUT2D eigenvalue weighted by molar-refractivity contribution is 7.15. The summed E-state index contributed by atoms with van der Waals surface area (Å²) in [6.45, 7) is 0.557. The van der Waals surface area contributed by atoms with Crippen LogP contribution in [0, 0.1) is 5.92 Å². The molecule has 2 aromatic carbocycles. The Morgan fingerprint density at radius 2 is 1.70 bits per heavy atom. The number of hydrogen-bond donors (Lipinski definition) is 1. The molecule has 208 valence electrons. The Morgan fingerprint density at radius 3 is 2.40 bits per heavy atom. The molecule has 1 saturated carbocycles. The fourth-order valence-corrected chi connectivity index (χ4v) is 7.21. The Bertz CT molecular complexity index is 1560. The van der Waals surface area contributed by atoms with E-state index in [-0.39, 0.29) is 62.7 Å². The van der Waals surface area contributed by atoms with Gasteiger partial charge in [0.05, 0.1) is 40.2 Å². The molecule has 1 amide bonds. The van der Waals surface area contributed by atoms with Gasteiger partial charge in [0.15, 0.2) is 0 Å². The number of rotatable bonds is 5. The summed E-state index contributed by atoms with van der Waals surface area (Å²) in [6.07, 6.45) is 1.56. The largest absolute Gasteiger partial charge is 0.388 e. The molecule has 1 saturated heterocycles. The second-order valence-electron chi connectivity index (χ2n) is 11.1. The maximum absolute atomic E-state index is 14.4. The van der Waals surface area contributed by atoms with Crippen LogP contribution >= 0.6 is 11.3 Å². The summed E-state index contributed by atoms with van der Waals surface area (Å²) in [5, 5.41) is 13.7. The van der Waals surface area contributed by atoms with E-state index in [0.717, 1.165) is 16.0 Å². The lowest BCUT2D eigenvalue weighted by Gasteiger charge is -2.42. The minimum absolute atomic E-state index is 0.0570. The molecule has 1 aliphatic carbocycles. The summed E-state index contributed by atoms with van der Waals surface area (Å²) in [5.74, 6) is -4.19. The lowest BCUT2D eigenvalue weighted by atomic mass is 9.73. The monoisotopic (exact) mass is 563 g/mol. The molecule has 3 heterocycles. The van der Waals surface area contributed by atoms with Crippen LogP contribution in [0.1, 0.15) is 43.6 Å². The summed E-state index contributed by atoms with van der Waals surface area (Å²) in [5.41, 5.74) is 1.13. The van der Waals surface area contributed by atoms with Crippen molar-refractivity contribution in [1.29, 1.82) is 0 Å². The first-order valence-corrected chi connectivity index (χ1v) is 14.6. The van der Waals surface area contributed by atoms with Crippen LogP contribution in [0.3, 0.4) is 0 Å². The number of aliphatic hydroxyl groups is 1. The maximum Gasteiger partial charge on any atom is 0.262 e. The minimum Gasteiger partial charge on any atom is -0.388 e. The molecule has 0 unspecified atom stereocenters. The fraction of sp³-hybridized carbons (Fsp3) is 0.387. The number of nitrogens with zero attached hydrogens (tertiary/aromatic N) is 3. The van der Waals surface area contributed by atoms with Crippen LogP contribution < -0.4 is 5.56 Å². The number of halogens is 2. The predicted molar refractivity (Wildman–Crippen MR) is 152 cm³/mol. The molecule has 9 heteroatoms. The number of fused-ring (bicyclic) bond motifs is 1. The number of alkyl halides is 2. The van der Waals surface area contributed by atoms with E-state index in [1.54, 1.807) is 10.3 Å². The number of amides is 1. The van der Waals surface area contributed by atoms with Gasteiger partial charge in [-0.3, -0.25) is 14.2 Å². The second kappa shape index (κ2) is 10.5. The molecule has 2 atom stereocenters. The molecule has 6 nitrogen and oxygen atoms in total. The molecule has 2 fully saturated rings. The lowest BCUT2D eigenvalue weighted by Crippen LogP contribution is -2.52. The van der Waals surface area contributed by atoms with Gasteiger partial charge in [-0.25, -0.2) is 13.8 Å². The summed E-state index contributed by atoms with van der Waals surface area (Å²) in [4.78, 5) is 33.9. The molecular weight excluding hydrogens is 532 g/mol. The number of aromatic nitrogens is 2. The third kappa shape index (κ3) is 5.20. The molecule has 0 spiro atoms. The molecule has 4 aromatic rings. The van der Waals surface area contributed by atoms with Gasteiger partial charge >= 0.3 is 0 Å². The zero-order valence-corrected chi connectivity index (χ0v) is 22.8. The van der Waals surface area contributed by atoms with E-state index in [2.05, 4.69) is 4.98 Å². The van der Waals surface area contributed by atoms with Gasteiger partial charge in [-0.05, 0) is 36.3 Å². The standard InChI is InChI=1S/C31H31F2N3O3S/c32-31(33)12-11-23(21-7-3-1-4-8-21)24(17-31)28(37)35-15-13-30(39,14-16-35)19-36-20-34-26-25(29(36)38)18-40-27(26)22-9-5-2-6-10-22/h1-10,18,20,23-24,39H,11-17,19H2/t23-,24+/m0/s1. The van der Waals surface area contributed by atoms with Gasteiger partial charge in [0, 0.05) is 31.3 Å². The van der Waals surface area contributed by atoms with E-state index in [4.69, 9.17) is 0 Å². The molecule has 2 aliphatic rings. The molecule has 40 heavy (non-hydrogen) atoms. The summed E-state index contributed by atoms with van der Waals surface area (Å²) >= 11 is 1.46. The Labute approximate surface area is 234 Å². The zero-order valence-electron chi connectivity index (χ0n) is 22.0. The van der Waals surface area contributed by atoms with E-state index >= 15 is 0 Å². The van der Waals surface area contributed by atoms with Crippen LogP contribution in [0.5, 0.6) is 0 Å². The number of thiophene rings is 1. The number of hydrogen-bond acceptors (Lipinski definition) is 5. The van der Waals surface area contributed by atoms with Crippen molar-refractivity contribution in [2.45, 2.75) is 56.1 Å². The Morgan fingerprint density at radius 1 is 1.02 bits per heavy atom. The lowest BCUT2D eigenvalue weighted by molar-refractivity contribution is -0.148. The minimum atomic E-state index is -2.86. The van der Waals surface area contributed by atoms with Crippen molar-refractivity contribution in [1.82, 2.24) is 14.5 Å². The number of carbonyl (C=O) groups excluding carboxylic acids is 1. The molecule has 1 N–H and O–H groups in total. The van der Waals surface area contributed by atoms with E-state index in [9.17, 15) is 23.5 Å². The summed E-state index contributed by atoms with van der Waals surface area (Å²) in [6, 6.07) is 19.2. The van der Waals surface area contributed by atoms with Gasteiger partial charge in [0.1, 0.15) is 0 Å². The fourth-order valence-electron chi connectivity index (χ4n) is 6.22. The van der Waals surface area contributed by atoms with Crippen molar-refractivity contribution >= 4 is 28.1 Å². The zero-order chi connectivity index (χ0) is 27.9. The van der Waals surface area contributed by atoms with Gasteiger partial charge in [-0.1, -0.05) is 60.7 Å². The third-order valence-electron chi connectivity index (χ3n) is 8.46. The highest BCUT2D eigenvalue weighted by Crippen LogP contribution is 2.46. The van der Waals surface area contributed by atoms with Crippen LogP contribution in [0.2, 0.25) is 0 Å². The van der Waals surface area contributed by atoms with Gasteiger partial charge in [0.25, 0.3) is 5.56 Å². The number of likely N-dealkylation sites (tertiary alicyclic amines) is 1.